The fourth-order valence-electron chi connectivity index (χ4n) is 5.17. The summed E-state index contributed by atoms with van der Waals surface area (Å²) in [6.45, 7) is 16.8. The summed E-state index contributed by atoms with van der Waals surface area (Å²) < 4.78 is 32.0. The number of Topliss-reactive ketones (excluding diaryl/α,β-unsaturated/α-hetero) is 1. The largest absolute Gasteiger partial charge is 0.497 e. The van der Waals surface area contributed by atoms with Crippen LogP contribution in [0.15, 0.2) is 84.9 Å². The third-order valence-electron chi connectivity index (χ3n) is 9.22. The fraction of sp³-hybridized carbons (Fsp3) is 0.487. The number of alkyl halides is 1. The number of halogens is 1. The average molecular weight is 697 g/mol. The Kier molecular flexibility index (Phi) is 14.6. The molecule has 1 unspecified atom stereocenters. The summed E-state index contributed by atoms with van der Waals surface area (Å²) in [5.74, 6) is 0.425. The number of methoxy groups -OCH3 is 1. The van der Waals surface area contributed by atoms with Gasteiger partial charge in [0.05, 0.1) is 44.5 Å². The Hall–Kier alpha value is -2.85. The third-order valence-corrected chi connectivity index (χ3v) is 13.9. The molecule has 0 aliphatic heterocycles. The number of aldehydes is 1. The van der Waals surface area contributed by atoms with E-state index in [1.807, 2.05) is 98.8 Å². The average Bonchev–Trinajstić information content (AvgIpc) is 3.06. The Balaban J connectivity index is 2.12. The number of ketones is 1. The molecule has 0 fully saturated rings. The van der Waals surface area contributed by atoms with E-state index in [9.17, 15) is 9.59 Å². The molecule has 0 aliphatic carbocycles. The standard InChI is InChI=1S/C39H53ClO7Si/c1-28(40)34(42)35(45-26-30-18-14-11-15-19-30)37(47-48(8,9)38(2,3)4)39(5,6)36(46-27-31-20-22-32(43-7)23-21-31)33(24-41)44-25-29-16-12-10-13-17-29/h10-24,28,33,35-37H,25-27H2,1-9H3/t28?,33-,35-,36-,37-/m0/s1. The molecule has 0 saturated carbocycles. The van der Waals surface area contributed by atoms with Gasteiger partial charge in [-0.05, 0) is 53.9 Å². The summed E-state index contributed by atoms with van der Waals surface area (Å²) >= 11 is 6.52. The molecular formula is C39H53ClO7Si. The van der Waals surface area contributed by atoms with Gasteiger partial charge < -0.3 is 28.2 Å². The maximum Gasteiger partial charge on any atom is 0.192 e. The number of hydrogen-bond donors (Lipinski definition) is 0. The van der Waals surface area contributed by atoms with Crippen LogP contribution in [0.5, 0.6) is 5.75 Å². The smallest absolute Gasteiger partial charge is 0.192 e. The molecule has 9 heteroatoms. The normalized spacial score (nSPS) is 15.6. The van der Waals surface area contributed by atoms with Gasteiger partial charge in [0.1, 0.15) is 18.0 Å². The first-order valence-electron chi connectivity index (χ1n) is 16.5. The zero-order valence-electron chi connectivity index (χ0n) is 29.9. The van der Waals surface area contributed by atoms with Gasteiger partial charge in [0.25, 0.3) is 0 Å². The van der Waals surface area contributed by atoms with Gasteiger partial charge >= 0.3 is 0 Å². The molecule has 5 atom stereocenters. The van der Waals surface area contributed by atoms with Crippen LogP contribution in [0.4, 0.5) is 0 Å². The van der Waals surface area contributed by atoms with E-state index < -0.39 is 43.5 Å². The summed E-state index contributed by atoms with van der Waals surface area (Å²) in [6.07, 6.45) is -2.98. The summed E-state index contributed by atoms with van der Waals surface area (Å²) in [6, 6.07) is 26.9. The van der Waals surface area contributed by atoms with Crippen LogP contribution in [-0.2, 0) is 48.0 Å². The molecule has 0 radical (unpaired) electrons. The number of hydrogen-bond acceptors (Lipinski definition) is 7. The lowest BCUT2D eigenvalue weighted by Crippen LogP contribution is -2.61. The van der Waals surface area contributed by atoms with E-state index in [-0.39, 0.29) is 30.6 Å². The highest BCUT2D eigenvalue weighted by Gasteiger charge is 2.53. The highest BCUT2D eigenvalue weighted by Crippen LogP contribution is 2.44. The van der Waals surface area contributed by atoms with E-state index in [4.69, 9.17) is 35.0 Å². The summed E-state index contributed by atoms with van der Waals surface area (Å²) in [7, 11) is -0.947. The zero-order valence-corrected chi connectivity index (χ0v) is 31.7. The summed E-state index contributed by atoms with van der Waals surface area (Å²) in [5, 5.41) is -1.05. The predicted octanol–water partition coefficient (Wildman–Crippen LogP) is 8.56. The van der Waals surface area contributed by atoms with Gasteiger partial charge in [-0.25, -0.2) is 0 Å². The van der Waals surface area contributed by atoms with Gasteiger partial charge in [0.2, 0.25) is 0 Å². The first kappa shape index (κ1) is 39.6. The quantitative estimate of drug-likeness (QED) is 0.0706. The van der Waals surface area contributed by atoms with Crippen molar-refractivity contribution in [3.63, 3.8) is 0 Å². The van der Waals surface area contributed by atoms with E-state index in [1.165, 1.54) is 0 Å². The molecule has 0 bridgehead atoms. The van der Waals surface area contributed by atoms with Crippen LogP contribution in [0.2, 0.25) is 18.1 Å². The van der Waals surface area contributed by atoms with Crippen molar-refractivity contribution in [2.24, 2.45) is 5.41 Å². The van der Waals surface area contributed by atoms with Crippen molar-refractivity contribution < 1.29 is 33.0 Å². The van der Waals surface area contributed by atoms with E-state index in [0.29, 0.717) is 0 Å². The van der Waals surface area contributed by atoms with Gasteiger partial charge in [-0.15, -0.1) is 11.6 Å². The van der Waals surface area contributed by atoms with Crippen LogP contribution < -0.4 is 4.74 Å². The lowest BCUT2D eigenvalue weighted by atomic mass is 9.75. The number of carbonyl (C=O) groups is 2. The van der Waals surface area contributed by atoms with Gasteiger partial charge in [0, 0.05) is 5.41 Å². The molecular weight excluding hydrogens is 644 g/mol. The minimum atomic E-state index is -2.56. The second-order valence-corrected chi connectivity index (χ2v) is 19.7. The molecule has 3 aromatic rings. The molecule has 0 aliphatic rings. The lowest BCUT2D eigenvalue weighted by Gasteiger charge is -2.49. The van der Waals surface area contributed by atoms with Crippen LogP contribution in [0.25, 0.3) is 0 Å². The first-order valence-corrected chi connectivity index (χ1v) is 19.8. The van der Waals surface area contributed by atoms with Gasteiger partial charge in [-0.3, -0.25) is 4.79 Å². The van der Waals surface area contributed by atoms with Crippen LogP contribution in [0.1, 0.15) is 58.2 Å². The van der Waals surface area contributed by atoms with Crippen LogP contribution >= 0.6 is 11.6 Å². The monoisotopic (exact) mass is 696 g/mol. The van der Waals surface area contributed by atoms with Crippen molar-refractivity contribution in [1.29, 1.82) is 0 Å². The predicted molar refractivity (Wildman–Crippen MR) is 194 cm³/mol. The van der Waals surface area contributed by atoms with E-state index >= 15 is 0 Å². The van der Waals surface area contributed by atoms with Crippen molar-refractivity contribution in [3.05, 3.63) is 102 Å². The topological polar surface area (TPSA) is 80.3 Å². The van der Waals surface area contributed by atoms with Crippen molar-refractivity contribution in [2.75, 3.05) is 7.11 Å². The van der Waals surface area contributed by atoms with Gasteiger partial charge in [0.15, 0.2) is 20.4 Å². The molecule has 48 heavy (non-hydrogen) atoms. The highest BCUT2D eigenvalue weighted by molar-refractivity contribution is 6.74. The maximum atomic E-state index is 14.0. The molecule has 0 N–H and O–H groups in total. The molecule has 0 aromatic heterocycles. The van der Waals surface area contributed by atoms with Crippen molar-refractivity contribution in [2.45, 2.75) is 109 Å². The molecule has 262 valence electrons. The maximum absolute atomic E-state index is 14.0. The molecule has 0 heterocycles. The van der Waals surface area contributed by atoms with E-state index in [0.717, 1.165) is 28.7 Å². The van der Waals surface area contributed by atoms with Gasteiger partial charge in [-0.2, -0.15) is 0 Å². The minimum Gasteiger partial charge on any atom is -0.497 e. The second-order valence-electron chi connectivity index (χ2n) is 14.3. The highest BCUT2D eigenvalue weighted by atomic mass is 35.5. The number of benzene rings is 3. The Morgan fingerprint density at radius 1 is 0.750 bits per heavy atom. The Bertz CT molecular complexity index is 1410. The molecule has 0 saturated heterocycles. The SMILES string of the molecule is COc1ccc(CO[C@@H]([C@H](C=O)OCc2ccccc2)C(C)(C)[C@@H](O[Si](C)(C)C(C)(C)C)[C@@H](OCc2ccccc2)C(=O)C(C)Cl)cc1. The van der Waals surface area contributed by atoms with E-state index in [1.54, 1.807) is 14.0 Å². The zero-order chi connectivity index (χ0) is 35.5. The van der Waals surface area contributed by atoms with Gasteiger partial charge in [-0.1, -0.05) is 107 Å². The molecule has 0 amide bonds. The molecule has 7 nitrogen and oxygen atoms in total. The summed E-state index contributed by atoms with van der Waals surface area (Å²) in [5.41, 5.74) is 1.70. The molecule has 3 rings (SSSR count). The van der Waals surface area contributed by atoms with Crippen molar-refractivity contribution in [3.8, 4) is 5.75 Å². The van der Waals surface area contributed by atoms with E-state index in [2.05, 4.69) is 33.9 Å². The van der Waals surface area contributed by atoms with Crippen LogP contribution in [-0.4, -0.2) is 57.3 Å². The molecule has 0 spiro atoms. The Morgan fingerprint density at radius 3 is 1.69 bits per heavy atom. The minimum absolute atomic E-state index is 0.174. The number of rotatable bonds is 19. The summed E-state index contributed by atoms with van der Waals surface area (Å²) in [4.78, 5) is 27.0. The lowest BCUT2D eigenvalue weighted by molar-refractivity contribution is -0.183. The third kappa shape index (κ3) is 10.8. The second kappa shape index (κ2) is 17.7. The van der Waals surface area contributed by atoms with Crippen LogP contribution in [0.3, 0.4) is 0 Å². The molecule has 3 aromatic carbocycles. The van der Waals surface area contributed by atoms with Crippen molar-refractivity contribution in [1.82, 2.24) is 0 Å². The number of ether oxygens (including phenoxy) is 4. The first-order chi connectivity index (χ1) is 22.6. The fourth-order valence-corrected chi connectivity index (χ4v) is 6.71. The Labute approximate surface area is 293 Å². The van der Waals surface area contributed by atoms with Crippen LogP contribution in [0, 0.1) is 5.41 Å². The van der Waals surface area contributed by atoms with Crippen molar-refractivity contribution >= 4 is 32.0 Å². The number of carbonyl (C=O) groups excluding carboxylic acids is 2. The Morgan fingerprint density at radius 2 is 1.23 bits per heavy atom.